The Kier molecular flexibility index (Phi) is 4.71. The van der Waals surface area contributed by atoms with E-state index in [9.17, 15) is 0 Å². The molecule has 5 nitrogen and oxygen atoms in total. The minimum Gasteiger partial charge on any atom is -0.345 e. The van der Waals surface area contributed by atoms with Crippen molar-refractivity contribution in [2.24, 2.45) is 0 Å². The molecule has 1 fully saturated rings. The third-order valence-corrected chi connectivity index (χ3v) is 4.48. The summed E-state index contributed by atoms with van der Waals surface area (Å²) in [5.74, 6) is 0.792. The van der Waals surface area contributed by atoms with Gasteiger partial charge in [0.2, 0.25) is 5.95 Å². The van der Waals surface area contributed by atoms with Gasteiger partial charge in [0, 0.05) is 44.3 Å². The number of aromatic nitrogens is 2. The molecule has 1 aromatic carbocycles. The van der Waals surface area contributed by atoms with Gasteiger partial charge in [0.15, 0.2) is 5.11 Å². The van der Waals surface area contributed by atoms with Crippen molar-refractivity contribution >= 4 is 29.0 Å². The van der Waals surface area contributed by atoms with E-state index in [1.165, 1.54) is 11.1 Å². The lowest BCUT2D eigenvalue weighted by molar-refractivity contribution is 0.388. The zero-order valence-electron chi connectivity index (χ0n) is 13.5. The van der Waals surface area contributed by atoms with Gasteiger partial charge in [-0.15, -0.1) is 0 Å². The summed E-state index contributed by atoms with van der Waals surface area (Å²) in [6.45, 7) is 7.69. The van der Waals surface area contributed by atoms with E-state index >= 15 is 0 Å². The average Bonchev–Trinajstić information content (AvgIpc) is 2.59. The highest BCUT2D eigenvalue weighted by Gasteiger charge is 2.21. The van der Waals surface area contributed by atoms with E-state index in [4.69, 9.17) is 12.2 Å². The summed E-state index contributed by atoms with van der Waals surface area (Å²) in [6, 6.07) is 8.10. The smallest absolute Gasteiger partial charge is 0.225 e. The Morgan fingerprint density at radius 2 is 1.61 bits per heavy atom. The molecule has 2 heterocycles. The topological polar surface area (TPSA) is 44.3 Å². The van der Waals surface area contributed by atoms with Crippen molar-refractivity contribution in [2.75, 3.05) is 36.4 Å². The van der Waals surface area contributed by atoms with Gasteiger partial charge in [-0.05, 0) is 43.3 Å². The third-order valence-electron chi connectivity index (χ3n) is 4.11. The zero-order chi connectivity index (χ0) is 16.2. The summed E-state index contributed by atoms with van der Waals surface area (Å²) in [4.78, 5) is 13.0. The first-order valence-electron chi connectivity index (χ1n) is 7.79. The summed E-state index contributed by atoms with van der Waals surface area (Å²) in [7, 11) is 0. The van der Waals surface area contributed by atoms with Crippen molar-refractivity contribution in [1.82, 2.24) is 14.9 Å². The van der Waals surface area contributed by atoms with Crippen LogP contribution in [0.25, 0.3) is 0 Å². The van der Waals surface area contributed by atoms with E-state index < -0.39 is 0 Å². The molecule has 6 heteroatoms. The van der Waals surface area contributed by atoms with Crippen LogP contribution >= 0.6 is 12.2 Å². The molecule has 0 bridgehead atoms. The first-order valence-corrected chi connectivity index (χ1v) is 8.20. The zero-order valence-corrected chi connectivity index (χ0v) is 14.3. The van der Waals surface area contributed by atoms with Gasteiger partial charge in [-0.1, -0.05) is 18.2 Å². The van der Waals surface area contributed by atoms with Crippen molar-refractivity contribution in [3.05, 3.63) is 47.8 Å². The van der Waals surface area contributed by atoms with Crippen LogP contribution in [0.1, 0.15) is 11.1 Å². The summed E-state index contributed by atoms with van der Waals surface area (Å²) in [6.07, 6.45) is 3.56. The summed E-state index contributed by atoms with van der Waals surface area (Å²) in [5, 5.41) is 4.20. The van der Waals surface area contributed by atoms with Crippen LogP contribution in [0, 0.1) is 13.8 Å². The Hall–Kier alpha value is -2.21. The molecule has 0 radical (unpaired) electrons. The van der Waals surface area contributed by atoms with Gasteiger partial charge in [-0.25, -0.2) is 9.97 Å². The van der Waals surface area contributed by atoms with Gasteiger partial charge >= 0.3 is 0 Å². The number of anilines is 2. The second-order valence-electron chi connectivity index (χ2n) is 5.72. The number of hydrogen-bond acceptors (Lipinski definition) is 4. The Morgan fingerprint density at radius 3 is 2.22 bits per heavy atom. The third kappa shape index (κ3) is 3.59. The van der Waals surface area contributed by atoms with Crippen molar-refractivity contribution in [3.63, 3.8) is 0 Å². The predicted molar refractivity (Wildman–Crippen MR) is 98.0 cm³/mol. The Balaban J connectivity index is 1.60. The van der Waals surface area contributed by atoms with Crippen LogP contribution in [0.2, 0.25) is 0 Å². The van der Waals surface area contributed by atoms with Gasteiger partial charge in [0.25, 0.3) is 0 Å². The van der Waals surface area contributed by atoms with Gasteiger partial charge in [-0.2, -0.15) is 0 Å². The fraction of sp³-hybridized carbons (Fsp3) is 0.353. The molecule has 1 N–H and O–H groups in total. The quantitative estimate of drug-likeness (QED) is 0.856. The monoisotopic (exact) mass is 327 g/mol. The first-order chi connectivity index (χ1) is 11.1. The SMILES string of the molecule is Cc1cccc(C)c1NC(=S)N1CCN(c2ncccn2)CC1. The number of nitrogens with zero attached hydrogens (tertiary/aromatic N) is 4. The average molecular weight is 327 g/mol. The molecule has 0 unspecified atom stereocenters. The number of hydrogen-bond donors (Lipinski definition) is 1. The second kappa shape index (κ2) is 6.91. The van der Waals surface area contributed by atoms with Crippen LogP contribution in [-0.4, -0.2) is 46.2 Å². The fourth-order valence-electron chi connectivity index (χ4n) is 2.76. The molecule has 1 saturated heterocycles. The molecule has 0 saturated carbocycles. The lowest BCUT2D eigenvalue weighted by Crippen LogP contribution is -2.50. The van der Waals surface area contributed by atoms with Crippen molar-refractivity contribution in [1.29, 1.82) is 0 Å². The summed E-state index contributed by atoms with van der Waals surface area (Å²) < 4.78 is 0. The molecule has 1 aliphatic rings. The number of para-hydroxylation sites is 1. The van der Waals surface area contributed by atoms with Crippen LogP contribution < -0.4 is 10.2 Å². The molecule has 120 valence electrons. The Bertz CT molecular complexity index is 660. The summed E-state index contributed by atoms with van der Waals surface area (Å²) >= 11 is 5.60. The number of rotatable bonds is 2. The van der Waals surface area contributed by atoms with Crippen LogP contribution in [0.15, 0.2) is 36.7 Å². The molecule has 23 heavy (non-hydrogen) atoms. The van der Waals surface area contributed by atoms with Crippen molar-refractivity contribution in [2.45, 2.75) is 13.8 Å². The molecular formula is C17H21N5S. The maximum Gasteiger partial charge on any atom is 0.225 e. The van der Waals surface area contributed by atoms with Crippen LogP contribution in [0.5, 0.6) is 0 Å². The normalized spacial score (nSPS) is 14.7. The van der Waals surface area contributed by atoms with Gasteiger partial charge in [0.05, 0.1) is 0 Å². The van der Waals surface area contributed by atoms with Gasteiger partial charge in [0.1, 0.15) is 0 Å². The van der Waals surface area contributed by atoms with Crippen LogP contribution in [-0.2, 0) is 0 Å². The van der Waals surface area contributed by atoms with E-state index in [1.807, 2.05) is 6.07 Å². The van der Waals surface area contributed by atoms with Crippen LogP contribution in [0.4, 0.5) is 11.6 Å². The van der Waals surface area contributed by atoms with Crippen LogP contribution in [0.3, 0.4) is 0 Å². The molecule has 3 rings (SSSR count). The molecule has 1 aliphatic heterocycles. The Morgan fingerprint density at radius 1 is 1.00 bits per heavy atom. The van der Waals surface area contributed by atoms with Crippen molar-refractivity contribution in [3.8, 4) is 0 Å². The van der Waals surface area contributed by atoms with E-state index in [2.05, 4.69) is 57.1 Å². The van der Waals surface area contributed by atoms with Gasteiger partial charge in [-0.3, -0.25) is 0 Å². The minimum absolute atomic E-state index is 0.788. The molecule has 2 aromatic rings. The Labute approximate surface area is 142 Å². The highest BCUT2D eigenvalue weighted by atomic mass is 32.1. The summed E-state index contributed by atoms with van der Waals surface area (Å²) in [5.41, 5.74) is 3.54. The van der Waals surface area contributed by atoms with Gasteiger partial charge < -0.3 is 15.1 Å². The number of nitrogens with one attached hydrogen (secondary N) is 1. The number of benzene rings is 1. The van der Waals surface area contributed by atoms with E-state index in [-0.39, 0.29) is 0 Å². The highest BCUT2D eigenvalue weighted by Crippen LogP contribution is 2.20. The lowest BCUT2D eigenvalue weighted by atomic mass is 10.1. The number of aryl methyl sites for hydroxylation is 2. The molecule has 0 spiro atoms. The molecule has 0 atom stereocenters. The standard InChI is InChI=1S/C17H21N5S/c1-13-5-3-6-14(2)15(13)20-17(23)22-11-9-21(10-12-22)16-18-7-4-8-19-16/h3-8H,9-12H2,1-2H3,(H,20,23). The second-order valence-corrected chi connectivity index (χ2v) is 6.11. The van der Waals surface area contributed by atoms with E-state index in [1.54, 1.807) is 12.4 Å². The molecule has 0 amide bonds. The first kappa shape index (κ1) is 15.7. The minimum atomic E-state index is 0.788. The predicted octanol–water partition coefficient (Wildman–Crippen LogP) is 2.61. The largest absolute Gasteiger partial charge is 0.345 e. The number of thiocarbonyl (C=S) groups is 1. The van der Waals surface area contributed by atoms with E-state index in [0.717, 1.165) is 42.9 Å². The maximum absolute atomic E-state index is 5.60. The molecule has 0 aliphatic carbocycles. The lowest BCUT2D eigenvalue weighted by Gasteiger charge is -2.36. The molecule has 1 aromatic heterocycles. The van der Waals surface area contributed by atoms with E-state index in [0.29, 0.717) is 0 Å². The van der Waals surface area contributed by atoms with Crippen molar-refractivity contribution < 1.29 is 0 Å². The fourth-order valence-corrected chi connectivity index (χ4v) is 3.05. The number of piperazine rings is 1. The maximum atomic E-state index is 5.60. The molecular weight excluding hydrogens is 306 g/mol. The highest BCUT2D eigenvalue weighted by molar-refractivity contribution is 7.80.